The van der Waals surface area contributed by atoms with E-state index in [9.17, 15) is 14.7 Å². The summed E-state index contributed by atoms with van der Waals surface area (Å²) in [4.78, 5) is 23.8. The van der Waals surface area contributed by atoms with Crippen LogP contribution in [0.3, 0.4) is 0 Å². The van der Waals surface area contributed by atoms with Gasteiger partial charge < -0.3 is 9.84 Å². The van der Waals surface area contributed by atoms with E-state index in [-0.39, 0.29) is 11.1 Å². The molecule has 5 heteroatoms. The second kappa shape index (κ2) is 9.56. The molecule has 0 unspecified atom stereocenters. The molecule has 0 saturated heterocycles. The Morgan fingerprint density at radius 3 is 2.52 bits per heavy atom. The second-order valence-electron chi connectivity index (χ2n) is 6.03. The zero-order valence-electron chi connectivity index (χ0n) is 14.0. The number of hydrogen-bond acceptors (Lipinski definition) is 3. The number of aromatic carboxylic acids is 1. The van der Waals surface area contributed by atoms with E-state index in [1.807, 2.05) is 6.92 Å². The van der Waals surface area contributed by atoms with Crippen molar-refractivity contribution in [1.82, 2.24) is 0 Å². The number of esters is 1. The van der Waals surface area contributed by atoms with Crippen LogP contribution < -0.4 is 0 Å². The lowest BCUT2D eigenvalue weighted by Crippen LogP contribution is -2.15. The van der Waals surface area contributed by atoms with Crippen molar-refractivity contribution in [3.8, 4) is 0 Å². The number of carbonyl (C=O) groups is 2. The number of unbranched alkanes of at least 4 members (excludes halogenated alkanes) is 1. The summed E-state index contributed by atoms with van der Waals surface area (Å²) in [7, 11) is 0. The Kier molecular flexibility index (Phi) is 8.10. The summed E-state index contributed by atoms with van der Waals surface area (Å²) in [6.07, 6.45) is 3.99. The lowest BCUT2D eigenvalue weighted by molar-refractivity contribution is 0.0489. The number of carboxylic acids is 1. The Morgan fingerprint density at radius 1 is 1.26 bits per heavy atom. The first-order chi connectivity index (χ1) is 10.9. The highest BCUT2D eigenvalue weighted by molar-refractivity contribution is 6.32. The van der Waals surface area contributed by atoms with Gasteiger partial charge in [-0.3, -0.25) is 0 Å². The van der Waals surface area contributed by atoms with Gasteiger partial charge in [0.2, 0.25) is 0 Å². The average molecular weight is 341 g/mol. The van der Waals surface area contributed by atoms with Crippen LogP contribution in [-0.2, 0) is 11.2 Å². The molecule has 128 valence electrons. The number of ether oxygens (including phenoxy) is 1. The number of carboxylic acid groups (broad SMARTS) is 1. The van der Waals surface area contributed by atoms with Crippen LogP contribution >= 0.6 is 11.6 Å². The molecule has 0 aliphatic rings. The number of hydrogen-bond donors (Lipinski definition) is 1. The molecule has 0 aliphatic heterocycles. The molecule has 1 N–H and O–H groups in total. The number of benzene rings is 1. The summed E-state index contributed by atoms with van der Waals surface area (Å²) >= 11 is 6.18. The molecule has 0 bridgehead atoms. The van der Waals surface area contributed by atoms with E-state index >= 15 is 0 Å². The van der Waals surface area contributed by atoms with Crippen molar-refractivity contribution in [3.05, 3.63) is 33.8 Å². The van der Waals surface area contributed by atoms with E-state index in [1.54, 1.807) is 6.07 Å². The standard InChI is InChI=1S/C18H25ClO4/c1-4-5-11-23-18(22)14-9-10-15(19)13(16(14)17(20)21)8-6-7-12(2)3/h9-10,12H,4-8,11H2,1-3H3,(H,20,21). The van der Waals surface area contributed by atoms with Gasteiger partial charge >= 0.3 is 11.9 Å². The molecule has 0 saturated carbocycles. The molecule has 0 spiro atoms. The molecule has 0 radical (unpaired) electrons. The van der Waals surface area contributed by atoms with Crippen LogP contribution in [0.15, 0.2) is 12.1 Å². The summed E-state index contributed by atoms with van der Waals surface area (Å²) in [6.45, 7) is 6.51. The van der Waals surface area contributed by atoms with Gasteiger partial charge in [0.05, 0.1) is 17.7 Å². The van der Waals surface area contributed by atoms with E-state index in [0.29, 0.717) is 29.5 Å². The van der Waals surface area contributed by atoms with Crippen LogP contribution in [-0.4, -0.2) is 23.7 Å². The van der Waals surface area contributed by atoms with Gasteiger partial charge in [0.15, 0.2) is 0 Å². The molecule has 0 heterocycles. The van der Waals surface area contributed by atoms with Crippen LogP contribution in [0.1, 0.15) is 72.7 Å². The molecule has 1 aromatic rings. The summed E-state index contributed by atoms with van der Waals surface area (Å²) in [6, 6.07) is 3.02. The van der Waals surface area contributed by atoms with Crippen molar-refractivity contribution in [2.45, 2.75) is 52.9 Å². The summed E-state index contributed by atoms with van der Waals surface area (Å²) in [5.41, 5.74) is 0.574. The molecule has 1 rings (SSSR count). The minimum Gasteiger partial charge on any atom is -0.478 e. The third-order valence-corrected chi connectivity index (χ3v) is 3.98. The predicted molar refractivity (Wildman–Crippen MR) is 91.4 cm³/mol. The van der Waals surface area contributed by atoms with Crippen molar-refractivity contribution in [2.24, 2.45) is 5.92 Å². The quantitative estimate of drug-likeness (QED) is 0.509. The maximum atomic E-state index is 12.2. The highest BCUT2D eigenvalue weighted by Crippen LogP contribution is 2.27. The predicted octanol–water partition coefficient (Wildman–Crippen LogP) is 4.97. The van der Waals surface area contributed by atoms with Gasteiger partial charge in [0, 0.05) is 5.02 Å². The maximum absolute atomic E-state index is 12.2. The molecule has 4 nitrogen and oxygen atoms in total. The molecule has 1 aromatic carbocycles. The van der Waals surface area contributed by atoms with Crippen LogP contribution in [0.5, 0.6) is 0 Å². The Hall–Kier alpha value is -1.55. The van der Waals surface area contributed by atoms with Gasteiger partial charge in [-0.15, -0.1) is 0 Å². The fraction of sp³-hybridized carbons (Fsp3) is 0.556. The van der Waals surface area contributed by atoms with Crippen molar-refractivity contribution in [2.75, 3.05) is 6.61 Å². The van der Waals surface area contributed by atoms with Gasteiger partial charge in [-0.25, -0.2) is 9.59 Å². The van der Waals surface area contributed by atoms with Crippen molar-refractivity contribution < 1.29 is 19.4 Å². The SMILES string of the molecule is CCCCOC(=O)c1ccc(Cl)c(CCCC(C)C)c1C(=O)O. The van der Waals surface area contributed by atoms with Gasteiger partial charge in [-0.05, 0) is 42.9 Å². The van der Waals surface area contributed by atoms with Crippen molar-refractivity contribution in [1.29, 1.82) is 0 Å². The van der Waals surface area contributed by atoms with E-state index in [2.05, 4.69) is 13.8 Å². The molecule has 0 aromatic heterocycles. The number of rotatable bonds is 9. The molecule has 0 amide bonds. The molecule has 0 aliphatic carbocycles. The highest BCUT2D eigenvalue weighted by atomic mass is 35.5. The summed E-state index contributed by atoms with van der Waals surface area (Å²) < 4.78 is 5.15. The third-order valence-electron chi connectivity index (χ3n) is 3.63. The average Bonchev–Trinajstić information content (AvgIpc) is 2.48. The molecule has 23 heavy (non-hydrogen) atoms. The van der Waals surface area contributed by atoms with Gasteiger partial charge in [0.25, 0.3) is 0 Å². The van der Waals surface area contributed by atoms with Crippen LogP contribution in [0.2, 0.25) is 5.02 Å². The fourth-order valence-electron chi connectivity index (χ4n) is 2.36. The lowest BCUT2D eigenvalue weighted by atomic mass is 9.95. The smallest absolute Gasteiger partial charge is 0.339 e. The third kappa shape index (κ3) is 5.87. The van der Waals surface area contributed by atoms with E-state index in [4.69, 9.17) is 16.3 Å². The monoisotopic (exact) mass is 340 g/mol. The normalized spacial score (nSPS) is 10.8. The Balaban J connectivity index is 3.06. The molecule has 0 fully saturated rings. The molecular formula is C18H25ClO4. The molecular weight excluding hydrogens is 316 g/mol. The topological polar surface area (TPSA) is 63.6 Å². The van der Waals surface area contributed by atoms with Crippen LogP contribution in [0.4, 0.5) is 0 Å². The fourth-order valence-corrected chi connectivity index (χ4v) is 2.61. The second-order valence-corrected chi connectivity index (χ2v) is 6.44. The zero-order chi connectivity index (χ0) is 17.4. The van der Waals surface area contributed by atoms with E-state index in [1.165, 1.54) is 6.07 Å². The van der Waals surface area contributed by atoms with Crippen molar-refractivity contribution >= 4 is 23.5 Å². The summed E-state index contributed by atoms with van der Waals surface area (Å²) in [5, 5.41) is 9.92. The van der Waals surface area contributed by atoms with Gasteiger partial charge in [0.1, 0.15) is 0 Å². The Labute approximate surface area is 142 Å². The van der Waals surface area contributed by atoms with Crippen molar-refractivity contribution in [3.63, 3.8) is 0 Å². The zero-order valence-corrected chi connectivity index (χ0v) is 14.8. The highest BCUT2D eigenvalue weighted by Gasteiger charge is 2.23. The molecule has 0 atom stereocenters. The van der Waals surface area contributed by atoms with E-state index < -0.39 is 11.9 Å². The van der Waals surface area contributed by atoms with Gasteiger partial charge in [-0.1, -0.05) is 45.2 Å². The van der Waals surface area contributed by atoms with Crippen LogP contribution in [0.25, 0.3) is 0 Å². The minimum absolute atomic E-state index is 0.0252. The number of halogens is 1. The maximum Gasteiger partial charge on any atom is 0.339 e. The first-order valence-corrected chi connectivity index (χ1v) is 8.48. The lowest BCUT2D eigenvalue weighted by Gasteiger charge is -2.14. The first-order valence-electron chi connectivity index (χ1n) is 8.10. The Morgan fingerprint density at radius 2 is 1.96 bits per heavy atom. The van der Waals surface area contributed by atoms with Gasteiger partial charge in [-0.2, -0.15) is 0 Å². The first kappa shape index (κ1) is 19.5. The summed E-state index contributed by atoms with van der Waals surface area (Å²) in [5.74, 6) is -1.21. The minimum atomic E-state index is -1.14. The number of carbonyl (C=O) groups excluding carboxylic acids is 1. The van der Waals surface area contributed by atoms with Crippen LogP contribution in [0, 0.1) is 5.92 Å². The van der Waals surface area contributed by atoms with E-state index in [0.717, 1.165) is 25.7 Å². The largest absolute Gasteiger partial charge is 0.478 e. The Bertz CT molecular complexity index is 552.